The normalized spacial score (nSPS) is 20.0. The number of hydrogen-bond acceptors (Lipinski definition) is 6. The zero-order chi connectivity index (χ0) is 20.9. The lowest BCUT2D eigenvalue weighted by Crippen LogP contribution is -2.54. The molecular formula is C20H17N5O3S2. The van der Waals surface area contributed by atoms with Crippen LogP contribution in [0.2, 0.25) is 0 Å². The molecule has 2 aromatic carbocycles. The Morgan fingerprint density at radius 3 is 2.80 bits per heavy atom. The molecule has 1 spiro atoms. The second kappa shape index (κ2) is 6.99. The van der Waals surface area contributed by atoms with Crippen LogP contribution in [0.25, 0.3) is 0 Å². The van der Waals surface area contributed by atoms with Crippen LogP contribution in [0.15, 0.2) is 48.5 Å². The van der Waals surface area contributed by atoms with Crippen molar-refractivity contribution in [3.8, 4) is 5.75 Å². The zero-order valence-electron chi connectivity index (χ0n) is 15.9. The van der Waals surface area contributed by atoms with E-state index in [0.717, 1.165) is 11.1 Å². The topological polar surface area (TPSA) is 92.2 Å². The summed E-state index contributed by atoms with van der Waals surface area (Å²) in [5.41, 5.74) is 2.38. The molecule has 0 aliphatic carbocycles. The van der Waals surface area contributed by atoms with Gasteiger partial charge >= 0.3 is 0 Å². The van der Waals surface area contributed by atoms with Crippen molar-refractivity contribution < 1.29 is 14.3 Å². The van der Waals surface area contributed by atoms with Crippen molar-refractivity contribution in [2.75, 3.05) is 16.1 Å². The molecule has 1 saturated heterocycles. The largest absolute Gasteiger partial charge is 0.485 e. The van der Waals surface area contributed by atoms with E-state index in [1.165, 1.54) is 21.4 Å². The van der Waals surface area contributed by atoms with Crippen LogP contribution in [-0.2, 0) is 21.1 Å². The monoisotopic (exact) mass is 439 g/mol. The summed E-state index contributed by atoms with van der Waals surface area (Å²) in [6, 6.07) is 15.0. The number of hydrogen-bond donors (Lipinski definition) is 2. The van der Waals surface area contributed by atoms with Gasteiger partial charge in [0, 0.05) is 11.3 Å². The average Bonchev–Trinajstić information content (AvgIpc) is 3.36. The predicted octanol–water partition coefficient (Wildman–Crippen LogP) is 2.84. The summed E-state index contributed by atoms with van der Waals surface area (Å²) in [5, 5.41) is 11.3. The molecule has 2 aliphatic rings. The molecule has 0 radical (unpaired) electrons. The molecule has 2 N–H and O–H groups in total. The number of aromatic nitrogens is 3. The quantitative estimate of drug-likeness (QED) is 0.608. The third-order valence-electron chi connectivity index (χ3n) is 5.15. The molecule has 2 aliphatic heterocycles. The molecule has 0 bridgehead atoms. The number of anilines is 1. The van der Waals surface area contributed by atoms with Gasteiger partial charge in [-0.3, -0.25) is 14.7 Å². The molecule has 10 heteroatoms. The van der Waals surface area contributed by atoms with E-state index in [1.807, 2.05) is 55.5 Å². The maximum Gasteiger partial charge on any atom is 0.267 e. The van der Waals surface area contributed by atoms with Crippen molar-refractivity contribution in [1.29, 1.82) is 0 Å². The smallest absolute Gasteiger partial charge is 0.267 e. The van der Waals surface area contributed by atoms with Gasteiger partial charge in [0.05, 0.1) is 5.75 Å². The molecule has 5 rings (SSSR count). The van der Waals surface area contributed by atoms with Gasteiger partial charge in [-0.05, 0) is 36.8 Å². The number of carbonyl (C=O) groups is 2. The first kappa shape index (κ1) is 18.9. The average molecular weight is 440 g/mol. The summed E-state index contributed by atoms with van der Waals surface area (Å²) in [6.07, 6.45) is 0. The van der Waals surface area contributed by atoms with E-state index in [-0.39, 0.29) is 28.9 Å². The molecule has 30 heavy (non-hydrogen) atoms. The van der Waals surface area contributed by atoms with E-state index in [4.69, 9.17) is 17.0 Å². The van der Waals surface area contributed by atoms with Gasteiger partial charge in [-0.15, -0.1) is 11.8 Å². The maximum absolute atomic E-state index is 13.1. The van der Waals surface area contributed by atoms with Crippen molar-refractivity contribution in [2.45, 2.75) is 18.4 Å². The molecule has 1 atom stereocenters. The first-order valence-electron chi connectivity index (χ1n) is 9.25. The number of amides is 2. The van der Waals surface area contributed by atoms with Crippen LogP contribution in [0.5, 0.6) is 5.75 Å². The number of nitrogens with zero attached hydrogens (tertiary/aromatic N) is 3. The third-order valence-corrected chi connectivity index (χ3v) is 6.81. The number of rotatable bonds is 4. The summed E-state index contributed by atoms with van der Waals surface area (Å²) in [5.74, 6) is 0.733. The van der Waals surface area contributed by atoms with Gasteiger partial charge in [-0.2, -0.15) is 5.10 Å². The Hall–Kier alpha value is -3.11. The lowest BCUT2D eigenvalue weighted by atomic mass is 10.1. The minimum Gasteiger partial charge on any atom is -0.485 e. The van der Waals surface area contributed by atoms with Gasteiger partial charge in [0.15, 0.2) is 5.82 Å². The highest BCUT2D eigenvalue weighted by Crippen LogP contribution is 2.51. The van der Waals surface area contributed by atoms with E-state index in [9.17, 15) is 9.59 Å². The number of thioether (sulfide) groups is 1. The molecule has 3 aromatic rings. The van der Waals surface area contributed by atoms with Crippen molar-refractivity contribution >= 4 is 41.5 Å². The van der Waals surface area contributed by atoms with Crippen LogP contribution in [-0.4, -0.2) is 32.4 Å². The van der Waals surface area contributed by atoms with E-state index in [2.05, 4.69) is 15.5 Å². The fourth-order valence-electron chi connectivity index (χ4n) is 3.77. The first-order chi connectivity index (χ1) is 14.5. The van der Waals surface area contributed by atoms with Crippen molar-refractivity contribution in [2.24, 2.45) is 0 Å². The minimum atomic E-state index is -1.24. The number of aromatic amines is 1. The second-order valence-electron chi connectivity index (χ2n) is 6.95. The van der Waals surface area contributed by atoms with Gasteiger partial charge in [0.25, 0.3) is 11.8 Å². The van der Waals surface area contributed by atoms with Crippen molar-refractivity contribution in [1.82, 2.24) is 14.9 Å². The van der Waals surface area contributed by atoms with Gasteiger partial charge in [0.2, 0.25) is 9.64 Å². The first-order valence-corrected chi connectivity index (χ1v) is 10.6. The van der Waals surface area contributed by atoms with Gasteiger partial charge in [-0.25, -0.2) is 9.69 Å². The van der Waals surface area contributed by atoms with Crippen LogP contribution in [0, 0.1) is 11.7 Å². The van der Waals surface area contributed by atoms with E-state index in [1.54, 1.807) is 0 Å². The lowest BCUT2D eigenvalue weighted by Gasteiger charge is -2.32. The summed E-state index contributed by atoms with van der Waals surface area (Å²) in [7, 11) is 0. The highest BCUT2D eigenvalue weighted by Gasteiger charge is 2.59. The van der Waals surface area contributed by atoms with Crippen molar-refractivity contribution in [3.05, 3.63) is 70.3 Å². The molecule has 152 valence electrons. The summed E-state index contributed by atoms with van der Waals surface area (Å²) >= 11 is 6.70. The number of nitrogens with one attached hydrogen (secondary N) is 2. The van der Waals surface area contributed by atoms with Gasteiger partial charge < -0.3 is 10.1 Å². The van der Waals surface area contributed by atoms with Crippen LogP contribution in [0.1, 0.15) is 17.0 Å². The number of ether oxygens (including phenoxy) is 1. The highest BCUT2D eigenvalue weighted by molar-refractivity contribution is 8.02. The van der Waals surface area contributed by atoms with Gasteiger partial charge in [-0.1, -0.05) is 36.4 Å². The molecule has 2 amide bonds. The van der Waals surface area contributed by atoms with Crippen LogP contribution >= 0.6 is 24.0 Å². The Bertz CT molecular complexity index is 1240. The number of fused-ring (bicyclic) bond motifs is 2. The standard InChI is InChI=1S/C20H17N5O3S2/c1-12-6-2-5-9-15(12)28-10-16-22-23-19(29)24(16)25-17(26)11-30-20(25)13-7-3-4-8-14(13)21-18(20)27/h2-9H,10-11H2,1H3,(H,21,27)(H,23,29). The molecule has 1 unspecified atom stereocenters. The molecule has 3 heterocycles. The fourth-order valence-corrected chi connectivity index (χ4v) is 5.28. The molecule has 8 nitrogen and oxygen atoms in total. The summed E-state index contributed by atoms with van der Waals surface area (Å²) < 4.78 is 7.62. The SMILES string of the molecule is Cc1ccccc1OCc1n[nH]c(=S)n1N1C(=O)CSC12C(=O)Nc1ccccc12. The number of aryl methyl sites for hydroxylation is 1. The number of carbonyl (C=O) groups excluding carboxylic acids is 2. The minimum absolute atomic E-state index is 0.0752. The predicted molar refractivity (Wildman–Crippen MR) is 115 cm³/mol. The van der Waals surface area contributed by atoms with E-state index in [0.29, 0.717) is 17.3 Å². The Morgan fingerprint density at radius 1 is 1.20 bits per heavy atom. The zero-order valence-corrected chi connectivity index (χ0v) is 17.5. The molecule has 1 fully saturated rings. The van der Waals surface area contributed by atoms with Gasteiger partial charge in [0.1, 0.15) is 12.4 Å². The van der Waals surface area contributed by atoms with E-state index < -0.39 is 4.87 Å². The third kappa shape index (κ3) is 2.67. The number of benzene rings is 2. The number of para-hydroxylation sites is 2. The molecule has 1 aromatic heterocycles. The Morgan fingerprint density at radius 2 is 1.97 bits per heavy atom. The Balaban J connectivity index is 1.58. The summed E-state index contributed by atoms with van der Waals surface area (Å²) in [6.45, 7) is 2.02. The number of H-pyrrole nitrogens is 1. The summed E-state index contributed by atoms with van der Waals surface area (Å²) in [4.78, 5) is 24.9. The highest BCUT2D eigenvalue weighted by atomic mass is 32.2. The molecule has 0 saturated carbocycles. The molecular weight excluding hydrogens is 422 g/mol. The lowest BCUT2D eigenvalue weighted by molar-refractivity contribution is -0.123. The van der Waals surface area contributed by atoms with Crippen LogP contribution in [0.3, 0.4) is 0 Å². The Labute approximate surface area is 181 Å². The van der Waals surface area contributed by atoms with Crippen LogP contribution < -0.4 is 15.1 Å². The van der Waals surface area contributed by atoms with E-state index >= 15 is 0 Å². The van der Waals surface area contributed by atoms with Crippen LogP contribution in [0.4, 0.5) is 5.69 Å². The maximum atomic E-state index is 13.1. The Kier molecular flexibility index (Phi) is 4.40. The second-order valence-corrected chi connectivity index (χ2v) is 8.50. The fraction of sp³-hybridized carbons (Fsp3) is 0.200. The van der Waals surface area contributed by atoms with Crippen molar-refractivity contribution in [3.63, 3.8) is 0 Å².